The second-order valence-electron chi connectivity index (χ2n) is 4.55. The van der Waals surface area contributed by atoms with E-state index in [1.807, 2.05) is 12.1 Å². The molecule has 2 aromatic rings. The largest absolute Gasteiger partial charge is 0.397 e. The Bertz CT molecular complexity index is 513. The maximum atomic E-state index is 5.96. The van der Waals surface area contributed by atoms with Gasteiger partial charge >= 0.3 is 0 Å². The first kappa shape index (κ1) is 11.9. The number of nitrogens with zero attached hydrogens (tertiary/aromatic N) is 3. The van der Waals surface area contributed by atoms with Crippen LogP contribution in [0.4, 0.5) is 5.69 Å². The van der Waals surface area contributed by atoms with E-state index in [1.54, 1.807) is 0 Å². The number of rotatable bonds is 4. The molecule has 2 rings (SSSR count). The van der Waals surface area contributed by atoms with Gasteiger partial charge in [-0.1, -0.05) is 13.0 Å². The van der Waals surface area contributed by atoms with Crippen LogP contribution in [-0.4, -0.2) is 35.1 Å². The van der Waals surface area contributed by atoms with Gasteiger partial charge in [-0.15, -0.1) is 0 Å². The van der Waals surface area contributed by atoms with Crippen molar-refractivity contribution in [1.29, 1.82) is 0 Å². The van der Waals surface area contributed by atoms with Crippen LogP contribution in [0.25, 0.3) is 11.0 Å². The summed E-state index contributed by atoms with van der Waals surface area (Å²) < 4.78 is 2.27. The fourth-order valence-corrected chi connectivity index (χ4v) is 2.04. The van der Waals surface area contributed by atoms with Crippen LogP contribution in [0.2, 0.25) is 0 Å². The standard InChI is InChI=1S/C13H20N4/c1-4-12-15-13-10(14)6-5-7-11(13)17(12)9-8-16(2)3/h5-7H,4,8-9,14H2,1-3H3. The predicted molar refractivity (Wildman–Crippen MR) is 72.1 cm³/mol. The van der Waals surface area contributed by atoms with Crippen molar-refractivity contribution in [1.82, 2.24) is 14.5 Å². The number of imidazole rings is 1. The van der Waals surface area contributed by atoms with Gasteiger partial charge in [0.1, 0.15) is 11.3 Å². The molecule has 0 unspecified atom stereocenters. The molecule has 0 aliphatic rings. The Hall–Kier alpha value is -1.55. The lowest BCUT2D eigenvalue weighted by Crippen LogP contribution is -2.19. The molecule has 0 fully saturated rings. The number of para-hydroxylation sites is 1. The molecule has 2 N–H and O–H groups in total. The number of benzene rings is 1. The Morgan fingerprint density at radius 2 is 2.12 bits per heavy atom. The fourth-order valence-electron chi connectivity index (χ4n) is 2.04. The van der Waals surface area contributed by atoms with Crippen LogP contribution in [0.5, 0.6) is 0 Å². The molecule has 17 heavy (non-hydrogen) atoms. The highest BCUT2D eigenvalue weighted by Gasteiger charge is 2.10. The fraction of sp³-hybridized carbons (Fsp3) is 0.462. The molecule has 4 nitrogen and oxygen atoms in total. The van der Waals surface area contributed by atoms with Crippen LogP contribution in [0, 0.1) is 0 Å². The molecule has 0 aliphatic heterocycles. The second kappa shape index (κ2) is 4.75. The first-order valence-corrected chi connectivity index (χ1v) is 6.01. The Morgan fingerprint density at radius 1 is 1.35 bits per heavy atom. The van der Waals surface area contributed by atoms with E-state index >= 15 is 0 Å². The van der Waals surface area contributed by atoms with Crippen LogP contribution in [0.1, 0.15) is 12.7 Å². The van der Waals surface area contributed by atoms with Crippen molar-refractivity contribution >= 4 is 16.7 Å². The highest BCUT2D eigenvalue weighted by molar-refractivity contribution is 5.87. The lowest BCUT2D eigenvalue weighted by atomic mass is 10.3. The zero-order chi connectivity index (χ0) is 12.4. The summed E-state index contributed by atoms with van der Waals surface area (Å²) in [5, 5.41) is 0. The van der Waals surface area contributed by atoms with Gasteiger partial charge in [0.15, 0.2) is 0 Å². The Kier molecular flexibility index (Phi) is 3.33. The summed E-state index contributed by atoms with van der Waals surface area (Å²) in [6, 6.07) is 5.99. The number of aryl methyl sites for hydroxylation is 1. The van der Waals surface area contributed by atoms with Crippen molar-refractivity contribution in [2.45, 2.75) is 19.9 Å². The molecule has 0 amide bonds. The van der Waals surface area contributed by atoms with E-state index in [0.29, 0.717) is 0 Å². The molecular formula is C13H20N4. The summed E-state index contributed by atoms with van der Waals surface area (Å²) in [6.45, 7) is 4.09. The van der Waals surface area contributed by atoms with Gasteiger partial charge in [0.25, 0.3) is 0 Å². The molecule has 92 valence electrons. The van der Waals surface area contributed by atoms with Crippen molar-refractivity contribution in [2.24, 2.45) is 0 Å². The molecule has 0 atom stereocenters. The van der Waals surface area contributed by atoms with Crippen LogP contribution < -0.4 is 5.73 Å². The van der Waals surface area contributed by atoms with E-state index in [9.17, 15) is 0 Å². The third kappa shape index (κ3) is 2.26. The summed E-state index contributed by atoms with van der Waals surface area (Å²) in [6.07, 6.45) is 0.932. The summed E-state index contributed by atoms with van der Waals surface area (Å²) in [5.41, 5.74) is 8.80. The molecule has 0 bridgehead atoms. The average Bonchev–Trinajstić information content (AvgIpc) is 2.66. The first-order chi connectivity index (χ1) is 8.13. The van der Waals surface area contributed by atoms with Gasteiger partial charge in [0, 0.05) is 19.5 Å². The highest BCUT2D eigenvalue weighted by Crippen LogP contribution is 2.22. The molecule has 0 aliphatic carbocycles. The zero-order valence-corrected chi connectivity index (χ0v) is 10.8. The van der Waals surface area contributed by atoms with Crippen molar-refractivity contribution in [3.05, 3.63) is 24.0 Å². The van der Waals surface area contributed by atoms with Crippen LogP contribution >= 0.6 is 0 Å². The molecule has 1 aromatic carbocycles. The summed E-state index contributed by atoms with van der Waals surface area (Å²) in [5.74, 6) is 1.11. The lowest BCUT2D eigenvalue weighted by molar-refractivity contribution is 0.383. The smallest absolute Gasteiger partial charge is 0.112 e. The Labute approximate surface area is 102 Å². The van der Waals surface area contributed by atoms with E-state index in [0.717, 1.165) is 42.1 Å². The third-order valence-corrected chi connectivity index (χ3v) is 2.98. The van der Waals surface area contributed by atoms with Crippen LogP contribution in [-0.2, 0) is 13.0 Å². The Morgan fingerprint density at radius 3 is 2.76 bits per heavy atom. The van der Waals surface area contributed by atoms with Gasteiger partial charge in [-0.05, 0) is 26.2 Å². The van der Waals surface area contributed by atoms with Crippen molar-refractivity contribution in [2.75, 3.05) is 26.4 Å². The third-order valence-electron chi connectivity index (χ3n) is 2.98. The van der Waals surface area contributed by atoms with Crippen molar-refractivity contribution in [3.8, 4) is 0 Å². The van der Waals surface area contributed by atoms with Gasteiger partial charge in [0.05, 0.1) is 11.2 Å². The number of fused-ring (bicyclic) bond motifs is 1. The minimum atomic E-state index is 0.765. The molecule has 0 spiro atoms. The minimum Gasteiger partial charge on any atom is -0.397 e. The number of aromatic nitrogens is 2. The number of hydrogen-bond donors (Lipinski definition) is 1. The van der Waals surface area contributed by atoms with Crippen LogP contribution in [0.15, 0.2) is 18.2 Å². The van der Waals surface area contributed by atoms with E-state index in [-0.39, 0.29) is 0 Å². The molecule has 1 heterocycles. The first-order valence-electron chi connectivity index (χ1n) is 6.01. The average molecular weight is 232 g/mol. The number of nitrogens with two attached hydrogens (primary N) is 1. The van der Waals surface area contributed by atoms with E-state index in [4.69, 9.17) is 5.73 Å². The second-order valence-corrected chi connectivity index (χ2v) is 4.55. The van der Waals surface area contributed by atoms with E-state index in [2.05, 4.69) is 41.5 Å². The number of anilines is 1. The van der Waals surface area contributed by atoms with Crippen LogP contribution in [0.3, 0.4) is 0 Å². The van der Waals surface area contributed by atoms with Crippen molar-refractivity contribution < 1.29 is 0 Å². The van der Waals surface area contributed by atoms with E-state index < -0.39 is 0 Å². The number of likely N-dealkylation sites (N-methyl/N-ethyl adjacent to an activating group) is 1. The van der Waals surface area contributed by atoms with Gasteiger partial charge in [-0.25, -0.2) is 4.98 Å². The Balaban J connectivity index is 2.47. The zero-order valence-electron chi connectivity index (χ0n) is 10.8. The molecule has 0 radical (unpaired) electrons. The topological polar surface area (TPSA) is 47.1 Å². The molecule has 0 saturated carbocycles. The lowest BCUT2D eigenvalue weighted by Gasteiger charge is -2.12. The summed E-state index contributed by atoms with van der Waals surface area (Å²) in [4.78, 5) is 6.81. The number of hydrogen-bond acceptors (Lipinski definition) is 3. The molecule has 0 saturated heterocycles. The molecule has 4 heteroatoms. The highest BCUT2D eigenvalue weighted by atomic mass is 15.1. The molecular weight excluding hydrogens is 212 g/mol. The minimum absolute atomic E-state index is 0.765. The monoisotopic (exact) mass is 232 g/mol. The SMILES string of the molecule is CCc1nc2c(N)cccc2n1CCN(C)C. The predicted octanol–water partition coefficient (Wildman–Crippen LogP) is 1.74. The number of nitrogen functional groups attached to an aromatic ring is 1. The van der Waals surface area contributed by atoms with Gasteiger partial charge in [-0.3, -0.25) is 0 Å². The van der Waals surface area contributed by atoms with Gasteiger partial charge < -0.3 is 15.2 Å². The maximum Gasteiger partial charge on any atom is 0.112 e. The van der Waals surface area contributed by atoms with Gasteiger partial charge in [-0.2, -0.15) is 0 Å². The maximum absolute atomic E-state index is 5.96. The van der Waals surface area contributed by atoms with Crippen molar-refractivity contribution in [3.63, 3.8) is 0 Å². The summed E-state index contributed by atoms with van der Waals surface area (Å²) in [7, 11) is 4.16. The van der Waals surface area contributed by atoms with E-state index in [1.165, 1.54) is 0 Å². The molecule has 1 aromatic heterocycles. The van der Waals surface area contributed by atoms with Gasteiger partial charge in [0.2, 0.25) is 0 Å². The normalized spacial score (nSPS) is 11.5. The summed E-state index contributed by atoms with van der Waals surface area (Å²) >= 11 is 0. The quantitative estimate of drug-likeness (QED) is 0.817.